The number of imidazole rings is 1. The fourth-order valence-electron chi connectivity index (χ4n) is 1.08. The molecule has 0 aliphatic heterocycles. The van der Waals surface area contributed by atoms with Crippen molar-refractivity contribution in [2.45, 2.75) is 0 Å². The van der Waals surface area contributed by atoms with E-state index in [1.807, 2.05) is 0 Å². The molecule has 12 heavy (non-hydrogen) atoms. The Hall–Kier alpha value is -1.42. The predicted molar refractivity (Wildman–Crippen MR) is 49.9 cm³/mol. The molecule has 0 unspecified atom stereocenters. The van der Waals surface area contributed by atoms with E-state index in [1.54, 1.807) is 12.4 Å². The van der Waals surface area contributed by atoms with Gasteiger partial charge in [-0.2, -0.15) is 0 Å². The lowest BCUT2D eigenvalue weighted by molar-refractivity contribution is 1.34. The molecule has 0 saturated carbocycles. The van der Waals surface area contributed by atoms with Crippen LogP contribution in [0.2, 0.25) is 5.02 Å². The molecule has 0 aliphatic carbocycles. The van der Waals surface area contributed by atoms with Crippen LogP contribution in [0.25, 0.3) is 11.0 Å². The number of fused-ring (bicyclic) bond motifs is 1. The maximum atomic E-state index is 5.89. The number of nitrogens with zero attached hydrogens (tertiary/aromatic N) is 1. The smallest absolute Gasteiger partial charge is 0.109 e. The number of nitrogens with two attached hydrogens (primary N) is 2. The van der Waals surface area contributed by atoms with Crippen LogP contribution in [0.1, 0.15) is 0 Å². The van der Waals surface area contributed by atoms with E-state index in [0.29, 0.717) is 21.9 Å². The highest BCUT2D eigenvalue weighted by Crippen LogP contribution is 2.31. The maximum absolute atomic E-state index is 5.89. The Labute approximate surface area is 73.5 Å². The number of aromatic amines is 1. The number of halogens is 1. The van der Waals surface area contributed by atoms with Gasteiger partial charge in [-0.15, -0.1) is 0 Å². The first-order valence-corrected chi connectivity index (χ1v) is 3.74. The van der Waals surface area contributed by atoms with Crippen LogP contribution >= 0.6 is 11.6 Å². The number of hydrogen-bond acceptors (Lipinski definition) is 3. The fourth-order valence-corrected chi connectivity index (χ4v) is 1.34. The Morgan fingerprint density at radius 3 is 2.92 bits per heavy atom. The molecular weight excluding hydrogens is 176 g/mol. The van der Waals surface area contributed by atoms with Gasteiger partial charge in [0.2, 0.25) is 0 Å². The number of aromatic nitrogens is 2. The van der Waals surface area contributed by atoms with Crippen molar-refractivity contribution >= 4 is 34.0 Å². The molecule has 2 aromatic rings. The monoisotopic (exact) mass is 182 g/mol. The van der Waals surface area contributed by atoms with Crippen LogP contribution in [-0.4, -0.2) is 9.97 Å². The number of benzene rings is 1. The van der Waals surface area contributed by atoms with Crippen molar-refractivity contribution in [3.63, 3.8) is 0 Å². The number of H-pyrrole nitrogens is 1. The van der Waals surface area contributed by atoms with Crippen LogP contribution in [0.4, 0.5) is 11.4 Å². The van der Waals surface area contributed by atoms with Crippen molar-refractivity contribution < 1.29 is 0 Å². The second-order valence-corrected chi connectivity index (χ2v) is 2.87. The fraction of sp³-hybridized carbons (Fsp3) is 0. The summed E-state index contributed by atoms with van der Waals surface area (Å²) in [5.74, 6) is 0. The van der Waals surface area contributed by atoms with E-state index in [0.717, 1.165) is 5.52 Å². The first-order chi connectivity index (χ1) is 5.70. The molecule has 5 N–H and O–H groups in total. The van der Waals surface area contributed by atoms with Gasteiger partial charge in [0, 0.05) is 0 Å². The molecule has 1 aromatic heterocycles. The van der Waals surface area contributed by atoms with E-state index in [1.165, 1.54) is 0 Å². The van der Waals surface area contributed by atoms with Crippen LogP contribution in [0.3, 0.4) is 0 Å². The zero-order chi connectivity index (χ0) is 8.72. The second kappa shape index (κ2) is 2.28. The molecule has 1 heterocycles. The third-order valence-corrected chi connectivity index (χ3v) is 2.11. The summed E-state index contributed by atoms with van der Waals surface area (Å²) in [5, 5.41) is 0.409. The summed E-state index contributed by atoms with van der Waals surface area (Å²) in [6, 6.07) is 1.71. The normalized spacial score (nSPS) is 10.8. The SMILES string of the molecule is Nc1cc2[nH]cnc2c(Cl)c1N. The van der Waals surface area contributed by atoms with Crippen molar-refractivity contribution in [3.05, 3.63) is 17.4 Å². The third-order valence-electron chi connectivity index (χ3n) is 1.72. The van der Waals surface area contributed by atoms with Crippen LogP contribution in [-0.2, 0) is 0 Å². The van der Waals surface area contributed by atoms with Gasteiger partial charge in [0.15, 0.2) is 0 Å². The molecule has 0 aliphatic rings. The summed E-state index contributed by atoms with van der Waals surface area (Å²) >= 11 is 5.89. The molecule has 5 heteroatoms. The largest absolute Gasteiger partial charge is 0.397 e. The summed E-state index contributed by atoms with van der Waals surface area (Å²) in [5.41, 5.74) is 13.5. The maximum Gasteiger partial charge on any atom is 0.109 e. The summed E-state index contributed by atoms with van der Waals surface area (Å²) in [4.78, 5) is 6.89. The summed E-state index contributed by atoms with van der Waals surface area (Å²) < 4.78 is 0. The first kappa shape index (κ1) is 7.24. The predicted octanol–water partition coefficient (Wildman–Crippen LogP) is 1.38. The Balaban J connectivity index is 2.94. The van der Waals surface area contributed by atoms with E-state index in [-0.39, 0.29) is 0 Å². The van der Waals surface area contributed by atoms with Crippen LogP contribution < -0.4 is 11.5 Å². The number of nitrogens with one attached hydrogen (secondary N) is 1. The lowest BCUT2D eigenvalue weighted by Crippen LogP contribution is -1.95. The molecule has 0 bridgehead atoms. The Morgan fingerprint density at radius 1 is 1.42 bits per heavy atom. The Bertz CT molecular complexity index is 434. The molecule has 0 spiro atoms. The van der Waals surface area contributed by atoms with Gasteiger partial charge in [-0.05, 0) is 6.07 Å². The van der Waals surface area contributed by atoms with Gasteiger partial charge >= 0.3 is 0 Å². The Morgan fingerprint density at radius 2 is 2.17 bits per heavy atom. The van der Waals surface area contributed by atoms with Gasteiger partial charge in [-0.25, -0.2) is 4.98 Å². The molecule has 1 aromatic carbocycles. The average Bonchev–Trinajstić information content (AvgIpc) is 2.48. The van der Waals surface area contributed by atoms with E-state index >= 15 is 0 Å². The van der Waals surface area contributed by atoms with E-state index in [9.17, 15) is 0 Å². The molecule has 62 valence electrons. The quantitative estimate of drug-likeness (QED) is 0.539. The van der Waals surface area contributed by atoms with E-state index in [2.05, 4.69) is 9.97 Å². The van der Waals surface area contributed by atoms with Gasteiger partial charge in [0.05, 0.1) is 28.2 Å². The highest BCUT2D eigenvalue weighted by Gasteiger charge is 2.08. The zero-order valence-electron chi connectivity index (χ0n) is 6.13. The first-order valence-electron chi connectivity index (χ1n) is 3.36. The summed E-state index contributed by atoms with van der Waals surface area (Å²) in [6.45, 7) is 0. The zero-order valence-corrected chi connectivity index (χ0v) is 6.89. The van der Waals surface area contributed by atoms with E-state index < -0.39 is 0 Å². The standard InChI is InChI=1S/C7H7ClN4/c8-5-6(10)3(9)1-4-7(5)12-2-11-4/h1-2H,9-10H2,(H,11,12). The Kier molecular flexibility index (Phi) is 1.38. The minimum Gasteiger partial charge on any atom is -0.397 e. The van der Waals surface area contributed by atoms with Gasteiger partial charge < -0.3 is 16.5 Å². The van der Waals surface area contributed by atoms with Crippen LogP contribution in [0, 0.1) is 0 Å². The highest BCUT2D eigenvalue weighted by atomic mass is 35.5. The molecule has 0 atom stereocenters. The number of rotatable bonds is 0. The summed E-state index contributed by atoms with van der Waals surface area (Å²) in [6.07, 6.45) is 1.55. The minimum absolute atomic E-state index is 0.385. The van der Waals surface area contributed by atoms with Gasteiger partial charge in [0.1, 0.15) is 5.52 Å². The average molecular weight is 183 g/mol. The van der Waals surface area contributed by atoms with Crippen molar-refractivity contribution in [1.29, 1.82) is 0 Å². The van der Waals surface area contributed by atoms with Crippen LogP contribution in [0.15, 0.2) is 12.4 Å². The highest BCUT2D eigenvalue weighted by molar-refractivity contribution is 6.38. The van der Waals surface area contributed by atoms with Crippen molar-refractivity contribution in [1.82, 2.24) is 9.97 Å². The van der Waals surface area contributed by atoms with Crippen LogP contribution in [0.5, 0.6) is 0 Å². The van der Waals surface area contributed by atoms with Gasteiger partial charge in [0.25, 0.3) is 0 Å². The molecule has 0 amide bonds. The number of anilines is 2. The molecule has 4 nitrogen and oxygen atoms in total. The molecule has 0 fully saturated rings. The molecule has 2 rings (SSSR count). The van der Waals surface area contributed by atoms with E-state index in [4.69, 9.17) is 23.1 Å². The number of nitrogen functional groups attached to an aromatic ring is 2. The second-order valence-electron chi connectivity index (χ2n) is 2.49. The topological polar surface area (TPSA) is 80.7 Å². The number of hydrogen-bond donors (Lipinski definition) is 3. The van der Waals surface area contributed by atoms with Crippen molar-refractivity contribution in [3.8, 4) is 0 Å². The van der Waals surface area contributed by atoms with Crippen molar-refractivity contribution in [2.75, 3.05) is 11.5 Å². The molecule has 0 radical (unpaired) electrons. The lowest BCUT2D eigenvalue weighted by atomic mass is 10.2. The third kappa shape index (κ3) is 0.816. The van der Waals surface area contributed by atoms with Gasteiger partial charge in [-0.3, -0.25) is 0 Å². The molecular formula is C7H7ClN4. The van der Waals surface area contributed by atoms with Crippen molar-refractivity contribution in [2.24, 2.45) is 0 Å². The molecule has 0 saturated heterocycles. The lowest BCUT2D eigenvalue weighted by Gasteiger charge is -2.01. The minimum atomic E-state index is 0.385. The summed E-state index contributed by atoms with van der Waals surface area (Å²) in [7, 11) is 0. The van der Waals surface area contributed by atoms with Gasteiger partial charge in [-0.1, -0.05) is 11.6 Å².